The van der Waals surface area contributed by atoms with Crippen LogP contribution in [0.3, 0.4) is 0 Å². The standard InChI is InChI=1S/C37H45ClN8O2S/c1-5-17-40-37(39-3)28-10-13-32(41-24-28)45-18-14-27(15-19-45)35(48)36(38)46(21-22-49-4)20-16-33(47)42-29-11-12-31-30(23-29)34(44-43-31)26-8-6-25(2)7-9-26/h5-13,17,23-24,27,36H,14-16,18-22H2,1-4H3,(H,39,40)(H,42,47)(H,43,44). The van der Waals surface area contributed by atoms with Gasteiger partial charge >= 0.3 is 0 Å². The fourth-order valence-corrected chi connectivity index (χ4v) is 6.75. The minimum atomic E-state index is -0.787. The Hall–Kier alpha value is -4.19. The molecule has 1 amide bonds. The average molecular weight is 701 g/mol. The first-order chi connectivity index (χ1) is 23.8. The summed E-state index contributed by atoms with van der Waals surface area (Å²) in [5, 5.41) is 14.7. The van der Waals surface area contributed by atoms with Crippen LogP contribution in [0, 0.1) is 12.8 Å². The fourth-order valence-electron chi connectivity index (χ4n) is 5.96. The number of amides is 1. The molecule has 2 aromatic carbocycles. The number of aliphatic imine (C=N–C) groups is 1. The van der Waals surface area contributed by atoms with E-state index in [0.29, 0.717) is 31.6 Å². The lowest BCUT2D eigenvalue weighted by Crippen LogP contribution is -2.45. The first-order valence-corrected chi connectivity index (χ1v) is 18.5. The third-order valence-electron chi connectivity index (χ3n) is 8.79. The van der Waals surface area contributed by atoms with Gasteiger partial charge in [-0.15, -0.1) is 0 Å². The maximum absolute atomic E-state index is 13.6. The number of hydrogen-bond donors (Lipinski definition) is 3. The van der Waals surface area contributed by atoms with Gasteiger partial charge in [-0.3, -0.25) is 24.6 Å². The van der Waals surface area contributed by atoms with Crippen molar-refractivity contribution in [1.82, 2.24) is 25.4 Å². The number of fused-ring (bicyclic) bond motifs is 1. The Kier molecular flexibility index (Phi) is 12.9. The molecule has 10 nitrogen and oxygen atoms in total. The molecule has 4 aromatic rings. The van der Waals surface area contributed by atoms with Gasteiger partial charge in [0.25, 0.3) is 0 Å². The second-order valence-corrected chi connectivity index (χ2v) is 13.5. The molecule has 49 heavy (non-hydrogen) atoms. The van der Waals surface area contributed by atoms with Crippen LogP contribution < -0.4 is 15.5 Å². The number of amidine groups is 1. The van der Waals surface area contributed by atoms with Gasteiger partial charge < -0.3 is 15.5 Å². The first-order valence-electron chi connectivity index (χ1n) is 16.6. The molecule has 0 bridgehead atoms. The van der Waals surface area contributed by atoms with E-state index in [1.807, 2.05) is 79.0 Å². The number of ketones is 1. The van der Waals surface area contributed by atoms with Gasteiger partial charge in [0, 0.05) is 79.7 Å². The average Bonchev–Trinajstić information content (AvgIpc) is 3.55. The number of halogens is 1. The smallest absolute Gasteiger partial charge is 0.225 e. The molecule has 0 spiro atoms. The summed E-state index contributed by atoms with van der Waals surface area (Å²) in [6.07, 6.45) is 9.21. The Labute approximate surface area is 297 Å². The number of aromatic amines is 1. The van der Waals surface area contributed by atoms with Crippen molar-refractivity contribution < 1.29 is 9.59 Å². The van der Waals surface area contributed by atoms with E-state index in [-0.39, 0.29) is 24.0 Å². The van der Waals surface area contributed by atoms with E-state index in [4.69, 9.17) is 11.6 Å². The summed E-state index contributed by atoms with van der Waals surface area (Å²) in [6.45, 7) is 6.44. The number of thioether (sulfide) groups is 1. The van der Waals surface area contributed by atoms with Gasteiger partial charge in [0.1, 0.15) is 17.2 Å². The van der Waals surface area contributed by atoms with Crippen LogP contribution >= 0.6 is 23.4 Å². The molecule has 5 rings (SSSR count). The van der Waals surface area contributed by atoms with E-state index in [0.717, 1.165) is 58.2 Å². The normalized spacial score (nSPS) is 14.9. The van der Waals surface area contributed by atoms with E-state index < -0.39 is 5.50 Å². The van der Waals surface area contributed by atoms with Crippen molar-refractivity contribution in [3.05, 3.63) is 84.2 Å². The zero-order valence-electron chi connectivity index (χ0n) is 28.6. The van der Waals surface area contributed by atoms with Gasteiger partial charge in [-0.25, -0.2) is 4.98 Å². The highest BCUT2D eigenvalue weighted by Crippen LogP contribution is 2.29. The number of H-pyrrole nitrogens is 1. The predicted octanol–water partition coefficient (Wildman–Crippen LogP) is 6.48. The number of Topliss-reactive ketones (excluding diaryl/α,β-unsaturated/α-hetero) is 1. The van der Waals surface area contributed by atoms with E-state index >= 15 is 0 Å². The summed E-state index contributed by atoms with van der Waals surface area (Å²) in [5.74, 6) is 2.19. The Morgan fingerprint density at radius 3 is 2.59 bits per heavy atom. The molecular weight excluding hydrogens is 656 g/mol. The maximum Gasteiger partial charge on any atom is 0.225 e. The van der Waals surface area contributed by atoms with Gasteiger partial charge in [0.2, 0.25) is 5.91 Å². The minimum Gasteiger partial charge on any atom is -0.357 e. The summed E-state index contributed by atoms with van der Waals surface area (Å²) < 4.78 is 0. The molecule has 0 aliphatic carbocycles. The van der Waals surface area contributed by atoms with E-state index in [2.05, 4.69) is 54.8 Å². The molecule has 1 atom stereocenters. The van der Waals surface area contributed by atoms with Crippen molar-refractivity contribution >= 4 is 63.3 Å². The van der Waals surface area contributed by atoms with Gasteiger partial charge in [0.15, 0.2) is 5.78 Å². The number of aromatic nitrogens is 3. The second-order valence-electron chi connectivity index (χ2n) is 12.1. The highest BCUT2D eigenvalue weighted by Gasteiger charge is 2.33. The SMILES string of the molecule is CC=CNC(=NC)c1ccc(N2CCC(C(=O)C(Cl)N(CCSC)CCC(=O)Nc3ccc4[nH]nc(-c5ccc(C)cc5)c4c3)CC2)nc1. The lowest BCUT2D eigenvalue weighted by Gasteiger charge is -2.34. The molecule has 12 heteroatoms. The van der Waals surface area contributed by atoms with Gasteiger partial charge in [-0.05, 0) is 69.5 Å². The lowest BCUT2D eigenvalue weighted by atomic mass is 9.92. The van der Waals surface area contributed by atoms with Crippen molar-refractivity contribution in [3.63, 3.8) is 0 Å². The number of rotatable bonds is 14. The van der Waals surface area contributed by atoms with Crippen LogP contribution in [-0.2, 0) is 9.59 Å². The van der Waals surface area contributed by atoms with Crippen molar-refractivity contribution in [1.29, 1.82) is 0 Å². The van der Waals surface area contributed by atoms with Gasteiger partial charge in [-0.2, -0.15) is 16.9 Å². The molecule has 1 saturated heterocycles. The van der Waals surface area contributed by atoms with Gasteiger partial charge in [-0.1, -0.05) is 47.5 Å². The third-order valence-corrected chi connectivity index (χ3v) is 9.87. The maximum atomic E-state index is 13.6. The number of benzene rings is 2. The zero-order chi connectivity index (χ0) is 34.8. The number of nitrogens with zero attached hydrogens (tertiary/aromatic N) is 5. The second kappa shape index (κ2) is 17.5. The molecular formula is C37H45ClN8O2S. The van der Waals surface area contributed by atoms with E-state index in [9.17, 15) is 9.59 Å². The Morgan fingerprint density at radius 2 is 1.92 bits per heavy atom. The molecule has 0 saturated carbocycles. The number of hydrogen-bond acceptors (Lipinski definition) is 8. The van der Waals surface area contributed by atoms with Crippen LogP contribution in [-0.4, -0.2) is 88.3 Å². The van der Waals surface area contributed by atoms with Crippen molar-refractivity contribution in [2.45, 2.75) is 38.6 Å². The fraction of sp³-hybridized carbons (Fsp3) is 0.378. The Bertz CT molecular complexity index is 1770. The summed E-state index contributed by atoms with van der Waals surface area (Å²) in [5.41, 5.74) is 4.74. The summed E-state index contributed by atoms with van der Waals surface area (Å²) in [6, 6.07) is 17.9. The Balaban J connectivity index is 1.15. The molecule has 1 aliphatic heterocycles. The lowest BCUT2D eigenvalue weighted by molar-refractivity contribution is -0.126. The molecule has 1 aliphatic rings. The van der Waals surface area contributed by atoms with Crippen LogP contribution in [0.1, 0.15) is 37.3 Å². The monoisotopic (exact) mass is 700 g/mol. The highest BCUT2D eigenvalue weighted by atomic mass is 35.5. The number of carbonyl (C=O) groups is 2. The minimum absolute atomic E-state index is 0.0269. The summed E-state index contributed by atoms with van der Waals surface area (Å²) in [7, 11) is 1.74. The molecule has 3 N–H and O–H groups in total. The van der Waals surface area contributed by atoms with E-state index in [1.54, 1.807) is 18.8 Å². The van der Waals surface area contributed by atoms with Crippen LogP contribution in [0.2, 0.25) is 0 Å². The quantitative estimate of drug-likeness (QED) is 0.0593. The number of anilines is 2. The number of nitrogens with one attached hydrogen (secondary N) is 3. The number of allylic oxidation sites excluding steroid dienone is 1. The van der Waals surface area contributed by atoms with Crippen molar-refractivity contribution in [2.75, 3.05) is 55.5 Å². The molecule has 258 valence electrons. The molecule has 1 fully saturated rings. The van der Waals surface area contributed by atoms with Crippen LogP contribution in [0.15, 0.2) is 78.1 Å². The molecule has 2 aromatic heterocycles. The first kappa shape index (κ1) is 36.1. The Morgan fingerprint density at radius 1 is 1.14 bits per heavy atom. The predicted molar refractivity (Wildman–Crippen MR) is 204 cm³/mol. The van der Waals surface area contributed by atoms with Crippen LogP contribution in [0.25, 0.3) is 22.2 Å². The number of alkyl halides is 1. The molecule has 1 unspecified atom stereocenters. The largest absolute Gasteiger partial charge is 0.357 e. The number of pyridine rings is 1. The van der Waals surface area contributed by atoms with Crippen LogP contribution in [0.5, 0.6) is 0 Å². The van der Waals surface area contributed by atoms with Crippen LogP contribution in [0.4, 0.5) is 11.5 Å². The van der Waals surface area contributed by atoms with E-state index in [1.165, 1.54) is 5.56 Å². The number of piperidine rings is 1. The third kappa shape index (κ3) is 9.29. The van der Waals surface area contributed by atoms with Gasteiger partial charge in [0.05, 0.1) is 11.2 Å². The number of aryl methyl sites for hydroxylation is 1. The molecule has 3 heterocycles. The number of carbonyl (C=O) groups excluding carboxylic acids is 2. The topological polar surface area (TPSA) is 119 Å². The highest BCUT2D eigenvalue weighted by molar-refractivity contribution is 7.98. The summed E-state index contributed by atoms with van der Waals surface area (Å²) in [4.78, 5) is 39.9. The zero-order valence-corrected chi connectivity index (χ0v) is 30.2. The van der Waals surface area contributed by atoms with Crippen molar-refractivity contribution in [2.24, 2.45) is 10.9 Å². The molecule has 0 radical (unpaired) electrons. The van der Waals surface area contributed by atoms with Crippen molar-refractivity contribution in [3.8, 4) is 11.3 Å². The summed E-state index contributed by atoms with van der Waals surface area (Å²) >= 11 is 8.57.